The van der Waals surface area contributed by atoms with E-state index in [4.69, 9.17) is 10.00 Å². The third-order valence-electron chi connectivity index (χ3n) is 7.22. The highest BCUT2D eigenvalue weighted by Crippen LogP contribution is 2.53. The van der Waals surface area contributed by atoms with Gasteiger partial charge in [0.25, 0.3) is 0 Å². The first-order chi connectivity index (χ1) is 13.5. The fourth-order valence-corrected chi connectivity index (χ4v) is 6.20. The first-order valence-corrected chi connectivity index (χ1v) is 10.1. The summed E-state index contributed by atoms with van der Waals surface area (Å²) in [6.45, 7) is 1.50. The molecule has 1 aromatic carbocycles. The topological polar surface area (TPSA) is 76.8 Å². The second kappa shape index (κ2) is 6.35. The van der Waals surface area contributed by atoms with E-state index in [0.717, 1.165) is 45.1 Å². The van der Waals surface area contributed by atoms with E-state index >= 15 is 0 Å². The largest absolute Gasteiger partial charge is 0.465 e. The molecule has 5 heterocycles. The molecule has 7 heteroatoms. The zero-order valence-electron chi connectivity index (χ0n) is 15.7. The SMILES string of the molecule is N#Cc1ccc(N2CCCC(C34CC5CC(CC(C3)N5C(=O)O)O4)C2)c(F)c1. The molecule has 1 aromatic rings. The average Bonchev–Trinajstić information content (AvgIpc) is 2.67. The van der Waals surface area contributed by atoms with E-state index in [1.807, 2.05) is 6.07 Å². The van der Waals surface area contributed by atoms with Crippen LogP contribution >= 0.6 is 0 Å². The third kappa shape index (κ3) is 2.66. The van der Waals surface area contributed by atoms with E-state index in [-0.39, 0.29) is 35.5 Å². The minimum Gasteiger partial charge on any atom is -0.465 e. The van der Waals surface area contributed by atoms with E-state index in [0.29, 0.717) is 17.8 Å². The van der Waals surface area contributed by atoms with Gasteiger partial charge in [0.1, 0.15) is 5.82 Å². The average molecular weight is 385 g/mol. The maximum absolute atomic E-state index is 14.6. The van der Waals surface area contributed by atoms with Gasteiger partial charge in [-0.05, 0) is 56.7 Å². The maximum Gasteiger partial charge on any atom is 0.407 e. The number of hydrogen-bond acceptors (Lipinski definition) is 4. The molecule has 5 aliphatic heterocycles. The Morgan fingerprint density at radius 2 is 2.07 bits per heavy atom. The Morgan fingerprint density at radius 1 is 1.32 bits per heavy atom. The number of amides is 1. The number of halogens is 1. The number of nitriles is 1. The second-order valence-corrected chi connectivity index (χ2v) is 8.74. The molecule has 3 unspecified atom stereocenters. The number of carboxylic acid groups (broad SMARTS) is 1. The van der Waals surface area contributed by atoms with E-state index in [1.165, 1.54) is 6.07 Å². The van der Waals surface area contributed by atoms with Gasteiger partial charge in [-0.2, -0.15) is 5.26 Å². The summed E-state index contributed by atoms with van der Waals surface area (Å²) in [7, 11) is 0. The quantitative estimate of drug-likeness (QED) is 0.845. The Hall–Kier alpha value is -2.33. The molecule has 0 radical (unpaired) electrons. The van der Waals surface area contributed by atoms with E-state index in [2.05, 4.69) is 4.90 Å². The Balaban J connectivity index is 1.39. The molecule has 148 valence electrons. The summed E-state index contributed by atoms with van der Waals surface area (Å²) in [4.78, 5) is 15.4. The monoisotopic (exact) mass is 385 g/mol. The number of anilines is 1. The van der Waals surface area contributed by atoms with Gasteiger partial charge in [0.05, 0.1) is 29.0 Å². The molecule has 0 saturated carbocycles. The van der Waals surface area contributed by atoms with Gasteiger partial charge in [0.2, 0.25) is 0 Å². The summed E-state index contributed by atoms with van der Waals surface area (Å²) in [5, 5.41) is 18.6. The number of ether oxygens (including phenoxy) is 1. The number of benzene rings is 1. The lowest BCUT2D eigenvalue weighted by molar-refractivity contribution is -0.251. The van der Waals surface area contributed by atoms with Crippen LogP contribution in [0, 0.1) is 23.1 Å². The number of carbonyl (C=O) groups is 1. The zero-order valence-corrected chi connectivity index (χ0v) is 15.7. The first kappa shape index (κ1) is 17.7. The van der Waals surface area contributed by atoms with Crippen molar-refractivity contribution in [3.63, 3.8) is 0 Å². The normalized spacial score (nSPS) is 36.4. The number of rotatable bonds is 2. The van der Waals surface area contributed by atoms with Gasteiger partial charge in [0, 0.05) is 31.1 Å². The Kier molecular flexibility index (Phi) is 4.02. The van der Waals surface area contributed by atoms with Gasteiger partial charge < -0.3 is 19.6 Å². The Labute approximate surface area is 163 Å². The molecule has 6 nitrogen and oxygen atoms in total. The van der Waals surface area contributed by atoms with E-state index in [9.17, 15) is 14.3 Å². The molecule has 28 heavy (non-hydrogen) atoms. The smallest absolute Gasteiger partial charge is 0.407 e. The molecule has 5 aliphatic rings. The van der Waals surface area contributed by atoms with Crippen LogP contribution in [0.25, 0.3) is 0 Å². The van der Waals surface area contributed by atoms with Crippen LogP contribution in [0.1, 0.15) is 44.1 Å². The predicted octanol–water partition coefficient (Wildman–Crippen LogP) is 3.36. The lowest BCUT2D eigenvalue weighted by Crippen LogP contribution is -2.70. The summed E-state index contributed by atoms with van der Waals surface area (Å²) in [6, 6.07) is 6.73. The van der Waals surface area contributed by atoms with Gasteiger partial charge in [-0.25, -0.2) is 9.18 Å². The standard InChI is InChI=1S/C21H24FN3O3/c22-18-6-13(11-23)3-4-19(18)24-5-1-2-14(12-24)21-9-15-7-17(28-21)8-16(10-21)25(15)20(26)27/h3-4,6,14-17H,1-2,5,7-10,12H2,(H,26,27). The molecule has 3 atom stereocenters. The van der Waals surface area contributed by atoms with Crippen molar-refractivity contribution in [2.24, 2.45) is 5.92 Å². The molecule has 0 spiro atoms. The predicted molar refractivity (Wildman–Crippen MR) is 99.6 cm³/mol. The lowest BCUT2D eigenvalue weighted by atomic mass is 9.64. The highest BCUT2D eigenvalue weighted by Gasteiger charge is 2.59. The Morgan fingerprint density at radius 3 is 2.71 bits per heavy atom. The van der Waals surface area contributed by atoms with Gasteiger partial charge in [-0.15, -0.1) is 0 Å². The van der Waals surface area contributed by atoms with Crippen molar-refractivity contribution >= 4 is 11.8 Å². The van der Waals surface area contributed by atoms with Gasteiger partial charge in [-0.1, -0.05) is 0 Å². The van der Waals surface area contributed by atoms with Crippen LogP contribution in [0.4, 0.5) is 14.9 Å². The molecule has 0 aromatic heterocycles. The van der Waals surface area contributed by atoms with Crippen LogP contribution in [0.3, 0.4) is 0 Å². The van der Waals surface area contributed by atoms with Gasteiger partial charge in [-0.3, -0.25) is 0 Å². The van der Waals surface area contributed by atoms with Crippen molar-refractivity contribution in [1.29, 1.82) is 5.26 Å². The summed E-state index contributed by atoms with van der Waals surface area (Å²) in [5.41, 5.74) is 0.582. The number of hydrogen-bond donors (Lipinski definition) is 1. The molecule has 4 bridgehead atoms. The fourth-order valence-electron chi connectivity index (χ4n) is 6.20. The van der Waals surface area contributed by atoms with Crippen molar-refractivity contribution in [3.8, 4) is 6.07 Å². The molecule has 5 saturated heterocycles. The molecular weight excluding hydrogens is 361 g/mol. The van der Waals surface area contributed by atoms with Gasteiger partial charge >= 0.3 is 6.09 Å². The molecule has 6 rings (SSSR count). The van der Waals surface area contributed by atoms with Crippen molar-refractivity contribution in [1.82, 2.24) is 4.90 Å². The highest BCUT2D eigenvalue weighted by molar-refractivity contribution is 5.66. The molecule has 1 amide bonds. The molecule has 1 N–H and O–H groups in total. The van der Waals surface area contributed by atoms with Crippen LogP contribution < -0.4 is 4.90 Å². The maximum atomic E-state index is 14.6. The van der Waals surface area contributed by atoms with Crippen LogP contribution in [0.15, 0.2) is 18.2 Å². The Bertz CT molecular complexity index is 838. The van der Waals surface area contributed by atoms with Crippen molar-refractivity contribution < 1.29 is 19.0 Å². The minimum atomic E-state index is -0.811. The lowest BCUT2D eigenvalue weighted by Gasteiger charge is -2.63. The molecular formula is C21H24FN3O3. The first-order valence-electron chi connectivity index (χ1n) is 10.1. The van der Waals surface area contributed by atoms with Crippen molar-refractivity contribution in [3.05, 3.63) is 29.6 Å². The zero-order chi connectivity index (χ0) is 19.5. The van der Waals surface area contributed by atoms with Crippen molar-refractivity contribution in [2.75, 3.05) is 18.0 Å². The molecule has 0 aliphatic carbocycles. The summed E-state index contributed by atoms with van der Waals surface area (Å²) >= 11 is 0. The van der Waals surface area contributed by atoms with Crippen LogP contribution in [0.5, 0.6) is 0 Å². The van der Waals surface area contributed by atoms with Crippen LogP contribution in [-0.2, 0) is 4.74 Å². The summed E-state index contributed by atoms with van der Waals surface area (Å²) in [5.74, 6) is -0.0940. The molecule has 5 fully saturated rings. The van der Waals surface area contributed by atoms with E-state index < -0.39 is 6.09 Å². The fraction of sp³-hybridized carbons (Fsp3) is 0.619. The minimum absolute atomic E-state index is 0.0470. The van der Waals surface area contributed by atoms with Crippen molar-refractivity contribution in [2.45, 2.75) is 62.3 Å². The number of piperidine rings is 3. The highest BCUT2D eigenvalue weighted by atomic mass is 19.1. The number of nitrogens with zero attached hydrogens (tertiary/aromatic N) is 3. The van der Waals surface area contributed by atoms with E-state index in [1.54, 1.807) is 17.0 Å². The van der Waals surface area contributed by atoms with Crippen LogP contribution in [0.2, 0.25) is 0 Å². The summed E-state index contributed by atoms with van der Waals surface area (Å²) < 4.78 is 21.1. The second-order valence-electron chi connectivity index (χ2n) is 8.74. The van der Waals surface area contributed by atoms with Gasteiger partial charge in [0.15, 0.2) is 0 Å². The summed E-state index contributed by atoms with van der Waals surface area (Å²) in [6.07, 6.45) is 4.41. The third-order valence-corrected chi connectivity index (χ3v) is 7.22. The van der Waals surface area contributed by atoms with Crippen LogP contribution in [-0.4, -0.2) is 53.0 Å².